The average molecular weight is 521 g/mol. The zero-order valence-corrected chi connectivity index (χ0v) is 21.0. The molecule has 192 valence electrons. The number of aromatic nitrogens is 4. The highest BCUT2D eigenvalue weighted by Gasteiger charge is 2.33. The van der Waals surface area contributed by atoms with Gasteiger partial charge in [0, 0.05) is 42.7 Å². The molecule has 4 rings (SSSR count). The molecule has 0 aromatic carbocycles. The summed E-state index contributed by atoms with van der Waals surface area (Å²) in [5, 5.41) is 2.78. The van der Waals surface area contributed by atoms with E-state index in [4.69, 9.17) is 4.74 Å². The fourth-order valence-corrected chi connectivity index (χ4v) is 4.90. The topological polar surface area (TPSA) is 93.1 Å². The fourth-order valence-electron chi connectivity index (χ4n) is 4.02. The number of anilines is 1. The van der Waals surface area contributed by atoms with E-state index in [9.17, 15) is 18.0 Å². The van der Waals surface area contributed by atoms with Crippen molar-refractivity contribution in [1.29, 1.82) is 0 Å². The predicted octanol–water partition coefficient (Wildman–Crippen LogP) is 4.75. The Morgan fingerprint density at radius 1 is 1.22 bits per heavy atom. The van der Waals surface area contributed by atoms with Crippen molar-refractivity contribution in [3.05, 3.63) is 58.2 Å². The van der Waals surface area contributed by atoms with Gasteiger partial charge in [0.25, 0.3) is 5.91 Å². The first-order chi connectivity index (χ1) is 17.1. The van der Waals surface area contributed by atoms with Gasteiger partial charge in [0.05, 0.1) is 35.0 Å². The summed E-state index contributed by atoms with van der Waals surface area (Å²) in [6.07, 6.45) is 0.819. The van der Waals surface area contributed by atoms with Gasteiger partial charge in [-0.05, 0) is 51.2 Å². The lowest BCUT2D eigenvalue weighted by atomic mass is 10.1. The van der Waals surface area contributed by atoms with Gasteiger partial charge < -0.3 is 15.0 Å². The number of hydrogen-bond acceptors (Lipinski definition) is 8. The number of likely N-dealkylation sites (tertiary alicyclic amines) is 1. The molecule has 1 aliphatic heterocycles. The van der Waals surface area contributed by atoms with Crippen molar-refractivity contribution < 1.29 is 22.7 Å². The molecule has 4 heterocycles. The van der Waals surface area contributed by atoms with Gasteiger partial charge in [-0.25, -0.2) is 9.97 Å². The fraction of sp³-hybridized carbons (Fsp3) is 0.458. The molecule has 1 fully saturated rings. The molecule has 12 heteroatoms. The molecule has 0 bridgehead atoms. The van der Waals surface area contributed by atoms with Crippen LogP contribution in [0.2, 0.25) is 0 Å². The molecule has 3 aromatic heterocycles. The van der Waals surface area contributed by atoms with E-state index in [0.29, 0.717) is 39.9 Å². The third-order valence-corrected chi connectivity index (χ3v) is 6.90. The number of alkyl halides is 3. The normalized spacial score (nSPS) is 15.3. The first kappa shape index (κ1) is 26.0. The van der Waals surface area contributed by atoms with Gasteiger partial charge in [-0.2, -0.15) is 17.5 Å². The van der Waals surface area contributed by atoms with Crippen molar-refractivity contribution >= 4 is 23.1 Å². The number of pyridine rings is 1. The molecule has 0 saturated carbocycles. The molecule has 8 nitrogen and oxygen atoms in total. The second-order valence-corrected chi connectivity index (χ2v) is 9.78. The second kappa shape index (κ2) is 10.9. The van der Waals surface area contributed by atoms with Crippen LogP contribution >= 0.6 is 11.5 Å². The summed E-state index contributed by atoms with van der Waals surface area (Å²) < 4.78 is 49.1. The highest BCUT2D eigenvalue weighted by Crippen LogP contribution is 2.28. The monoisotopic (exact) mass is 520 g/mol. The summed E-state index contributed by atoms with van der Waals surface area (Å²) in [7, 11) is 0. The van der Waals surface area contributed by atoms with E-state index < -0.39 is 17.8 Å². The minimum atomic E-state index is -4.60. The van der Waals surface area contributed by atoms with Crippen molar-refractivity contribution in [3.8, 4) is 5.88 Å². The smallest absolute Gasteiger partial charge is 0.434 e. The van der Waals surface area contributed by atoms with Crippen LogP contribution in [0.15, 0.2) is 30.7 Å². The Kier molecular flexibility index (Phi) is 7.84. The molecule has 1 saturated heterocycles. The summed E-state index contributed by atoms with van der Waals surface area (Å²) in [4.78, 5) is 27.5. The van der Waals surface area contributed by atoms with E-state index >= 15 is 0 Å². The Hall–Kier alpha value is -3.12. The zero-order chi connectivity index (χ0) is 25.9. The second-order valence-electron chi connectivity index (χ2n) is 8.92. The van der Waals surface area contributed by atoms with Gasteiger partial charge in [0.15, 0.2) is 5.69 Å². The van der Waals surface area contributed by atoms with Crippen LogP contribution in [0, 0.1) is 6.92 Å². The minimum Gasteiger partial charge on any atom is -0.474 e. The number of amides is 1. The number of rotatable bonds is 7. The Bertz CT molecular complexity index is 1190. The third kappa shape index (κ3) is 6.35. The van der Waals surface area contributed by atoms with Crippen molar-refractivity contribution in [2.45, 2.75) is 58.4 Å². The Labute approximate surface area is 211 Å². The largest absolute Gasteiger partial charge is 0.474 e. The molecule has 0 unspecified atom stereocenters. The van der Waals surface area contributed by atoms with Gasteiger partial charge in [-0.3, -0.25) is 9.78 Å². The summed E-state index contributed by atoms with van der Waals surface area (Å²) in [5.74, 6) is 0.0703. The Morgan fingerprint density at radius 3 is 2.61 bits per heavy atom. The summed E-state index contributed by atoms with van der Waals surface area (Å²) in [6.45, 7) is 8.02. The lowest BCUT2D eigenvalue weighted by Crippen LogP contribution is -2.41. The lowest BCUT2D eigenvalue weighted by Gasteiger charge is -2.34. The van der Waals surface area contributed by atoms with E-state index in [1.165, 1.54) is 12.4 Å². The van der Waals surface area contributed by atoms with Gasteiger partial charge in [-0.15, -0.1) is 0 Å². The van der Waals surface area contributed by atoms with Crippen LogP contribution in [0.4, 0.5) is 18.9 Å². The highest BCUT2D eigenvalue weighted by molar-refractivity contribution is 7.06. The molecule has 1 N–H and O–H groups in total. The van der Waals surface area contributed by atoms with Crippen LogP contribution in [-0.4, -0.2) is 55.4 Å². The summed E-state index contributed by atoms with van der Waals surface area (Å²) >= 11 is 1.05. The molecule has 0 spiro atoms. The maximum atomic E-state index is 13.0. The molecule has 1 amide bonds. The lowest BCUT2D eigenvalue weighted by molar-refractivity contribution is -0.141. The van der Waals surface area contributed by atoms with E-state index in [-0.39, 0.29) is 18.2 Å². The van der Waals surface area contributed by atoms with Crippen LogP contribution in [0.25, 0.3) is 0 Å². The van der Waals surface area contributed by atoms with E-state index in [0.717, 1.165) is 37.5 Å². The molecule has 0 radical (unpaired) electrons. The number of carbonyl (C=O) groups is 1. The van der Waals surface area contributed by atoms with Gasteiger partial charge in [0.2, 0.25) is 5.88 Å². The average Bonchev–Trinajstić information content (AvgIpc) is 3.20. The first-order valence-corrected chi connectivity index (χ1v) is 12.4. The molecule has 3 aromatic rings. The molecular weight excluding hydrogens is 493 g/mol. The van der Waals surface area contributed by atoms with Crippen molar-refractivity contribution in [2.24, 2.45) is 0 Å². The Morgan fingerprint density at radius 2 is 1.97 bits per heavy atom. The number of halogens is 3. The van der Waals surface area contributed by atoms with Crippen molar-refractivity contribution in [2.75, 3.05) is 18.4 Å². The van der Waals surface area contributed by atoms with Crippen molar-refractivity contribution in [3.63, 3.8) is 0 Å². The van der Waals surface area contributed by atoms with Crippen LogP contribution in [0.3, 0.4) is 0 Å². The van der Waals surface area contributed by atoms with Crippen LogP contribution in [0.1, 0.15) is 59.0 Å². The number of hydrogen-bond donors (Lipinski definition) is 1. The van der Waals surface area contributed by atoms with E-state index in [2.05, 4.69) is 43.4 Å². The number of nitrogens with one attached hydrogen (secondary N) is 1. The summed E-state index contributed by atoms with van der Waals surface area (Å²) in [5.41, 5.74) is 0.276. The molecular formula is C24H27F3N6O2S. The highest BCUT2D eigenvalue weighted by atomic mass is 32.1. The summed E-state index contributed by atoms with van der Waals surface area (Å²) in [6, 6.07) is 3.94. The molecule has 36 heavy (non-hydrogen) atoms. The molecule has 0 atom stereocenters. The van der Waals surface area contributed by atoms with Crippen molar-refractivity contribution in [1.82, 2.24) is 24.2 Å². The number of aryl methyl sites for hydroxylation is 1. The van der Waals surface area contributed by atoms with Gasteiger partial charge in [0.1, 0.15) is 6.10 Å². The van der Waals surface area contributed by atoms with Crippen LogP contribution in [-0.2, 0) is 12.6 Å². The number of ether oxygens (including phenoxy) is 1. The minimum absolute atomic E-state index is 0.00579. The number of carbonyl (C=O) groups excluding carboxylic acids is 1. The molecule has 0 aliphatic carbocycles. The third-order valence-electron chi connectivity index (χ3n) is 5.97. The number of piperidine rings is 1. The predicted molar refractivity (Wildman–Crippen MR) is 129 cm³/mol. The molecule has 1 aliphatic rings. The maximum Gasteiger partial charge on any atom is 0.434 e. The first-order valence-electron chi connectivity index (χ1n) is 11.6. The zero-order valence-electron chi connectivity index (χ0n) is 20.2. The van der Waals surface area contributed by atoms with Gasteiger partial charge >= 0.3 is 6.18 Å². The van der Waals surface area contributed by atoms with Gasteiger partial charge in [-0.1, -0.05) is 0 Å². The van der Waals surface area contributed by atoms with E-state index in [1.54, 1.807) is 19.1 Å². The van der Waals surface area contributed by atoms with E-state index in [1.807, 2.05) is 0 Å². The van der Waals surface area contributed by atoms with Crippen LogP contribution in [0.5, 0.6) is 5.88 Å². The SMILES string of the molecule is Cc1nsc(Cc2cncc(C(F)(F)F)n2)c1C(=O)Nc1ccc(OC2CCN(C(C)C)CC2)nc1. The van der Waals surface area contributed by atoms with Crippen LogP contribution < -0.4 is 10.1 Å². The maximum absolute atomic E-state index is 13.0. The number of nitrogens with zero attached hydrogens (tertiary/aromatic N) is 5. The Balaban J connectivity index is 1.39. The quantitative estimate of drug-likeness (QED) is 0.481. The standard InChI is InChI=1S/C24H27F3N6O2S/c1-14(2)33-8-6-18(7-9-33)35-21-5-4-16(12-29-21)31-23(34)22-15(3)32-36-19(22)10-17-11-28-13-20(30-17)24(25,26)27/h4-5,11-14,18H,6-10H2,1-3H3,(H,31,34).